The maximum Gasteiger partial charge on any atom is 0.306 e. The highest BCUT2D eigenvalue weighted by Gasteiger charge is 2.30. The Bertz CT molecular complexity index is 4780. The number of carbonyl (C=O) groups is 3. The molecular formula is C94H117N9O12S3. The maximum absolute atomic E-state index is 12.7. The van der Waals surface area contributed by atoms with Crippen LogP contribution in [-0.4, -0.2) is 147 Å². The van der Waals surface area contributed by atoms with E-state index in [0.29, 0.717) is 57.3 Å². The number of nitrogens with zero attached hydrogens (tertiary/aromatic N) is 6. The summed E-state index contributed by atoms with van der Waals surface area (Å²) >= 11 is 5.06. The Morgan fingerprint density at radius 1 is 0.449 bits per heavy atom. The Labute approximate surface area is 707 Å². The summed E-state index contributed by atoms with van der Waals surface area (Å²) in [5.74, 6) is 4.83. The van der Waals surface area contributed by atoms with Gasteiger partial charge in [0.05, 0.1) is 99.1 Å². The lowest BCUT2D eigenvalue weighted by atomic mass is 9.85. The number of aliphatic carboxylic acids is 1. The molecule has 0 bridgehead atoms. The van der Waals surface area contributed by atoms with Crippen molar-refractivity contribution < 1.29 is 57.4 Å². The average molecular weight is 1660 g/mol. The molecular weight excluding hydrogens is 1540 g/mol. The monoisotopic (exact) mass is 1660 g/mol. The largest absolute Gasteiger partial charge is 0.496 e. The van der Waals surface area contributed by atoms with Gasteiger partial charge in [-0.2, -0.15) is 0 Å². The molecule has 0 aliphatic carbocycles. The van der Waals surface area contributed by atoms with Gasteiger partial charge < -0.3 is 59.0 Å². The SMILES string of the molecule is CCOC(=O)CC(Cc1csc(CCCc2ccc3c(n2)NCCC3)n1)c1cc(C2=CCOCC2)ccc1OC.CCOC(=O)CC(Cc1csc(CCCc2ccc3c(n2)NCCC3)n1)c1cc(C2CCOCC2)ccc1OC.COc1ccc(C2CCOCC2)cc1C(CC(=O)O)Cc1csc(CCCc2ccc3c(n2)NCCC3)n1. The van der Waals surface area contributed by atoms with Crippen LogP contribution in [0.1, 0.15) is 233 Å². The molecule has 0 spiro atoms. The second kappa shape index (κ2) is 44.8. The molecule has 6 aliphatic heterocycles. The number of aromatic nitrogens is 6. The van der Waals surface area contributed by atoms with Gasteiger partial charge in [-0.1, -0.05) is 54.6 Å². The molecule has 24 heteroatoms. The molecule has 3 unspecified atom stereocenters. The third-order valence-electron chi connectivity index (χ3n) is 23.1. The molecule has 12 heterocycles. The highest BCUT2D eigenvalue weighted by atomic mass is 32.1. The number of nitrogens with one attached hydrogen (secondary N) is 3. The van der Waals surface area contributed by atoms with Crippen LogP contribution in [0, 0.1) is 0 Å². The van der Waals surface area contributed by atoms with Crippen molar-refractivity contribution >= 4 is 74.9 Å². The van der Waals surface area contributed by atoms with Gasteiger partial charge >= 0.3 is 17.9 Å². The van der Waals surface area contributed by atoms with Crippen molar-refractivity contribution in [3.05, 3.63) is 212 Å². The number of anilines is 3. The molecule has 0 saturated carbocycles. The van der Waals surface area contributed by atoms with Gasteiger partial charge in [0.1, 0.15) is 34.7 Å². The highest BCUT2D eigenvalue weighted by molar-refractivity contribution is 7.10. The number of thiazole rings is 3. The fraction of sp³-hybridized carbons (Fsp3) is 0.500. The number of carboxylic acid groups (broad SMARTS) is 1. The summed E-state index contributed by atoms with van der Waals surface area (Å²) < 4.78 is 44.5. The number of ether oxygens (including phenoxy) is 8. The first-order chi connectivity index (χ1) is 57.8. The third-order valence-corrected chi connectivity index (χ3v) is 26.0. The van der Waals surface area contributed by atoms with E-state index in [1.165, 1.54) is 52.7 Å². The van der Waals surface area contributed by atoms with Crippen LogP contribution in [0.3, 0.4) is 0 Å². The standard InChI is InChI=1S/C32H41N3O4S.C32H39N3O4S.C30H37N3O4S/c2*1-3-39-31(36)20-25(28-19-24(10-12-29(28)37-2)22-13-16-38-17-14-22)18-27-21-40-30(34-27)8-4-7-26-11-9-23-6-5-15-33-32(23)35-26;1-36-27-10-8-22(20-11-14-37-15-12-20)17-26(27)23(18-29(34)35)16-25-19-38-28(32-25)6-2-5-24-9-7-21-4-3-13-31-30(21)33-24/h9-12,19,21-22,25H,3-8,13-18,20H2,1-2H3,(H,33,35);9-13,19,21,25H,3-8,14-18,20H2,1-2H3,(H,33,35);7-10,17,19-20,23H,2-6,11-16,18H2,1H3,(H,31,33)(H,34,35). The number of fused-ring (bicyclic) bond motifs is 3. The van der Waals surface area contributed by atoms with Gasteiger partial charge in [-0.25, -0.2) is 29.9 Å². The maximum atomic E-state index is 12.7. The Kier molecular flexibility index (Phi) is 32.9. The molecule has 0 amide bonds. The normalized spacial score (nSPS) is 16.0. The lowest BCUT2D eigenvalue weighted by Crippen LogP contribution is -2.16. The van der Waals surface area contributed by atoms with Crippen molar-refractivity contribution in [2.45, 2.75) is 210 Å². The highest BCUT2D eigenvalue weighted by Crippen LogP contribution is 2.41. The minimum atomic E-state index is -0.809. The third kappa shape index (κ3) is 25.0. The van der Waals surface area contributed by atoms with Gasteiger partial charge in [0, 0.05) is 97.0 Å². The lowest BCUT2D eigenvalue weighted by molar-refractivity contribution is -0.144. The van der Waals surface area contributed by atoms with Gasteiger partial charge in [-0.3, -0.25) is 14.4 Å². The number of rotatable bonds is 35. The zero-order chi connectivity index (χ0) is 81.8. The topological polar surface area (TPSA) is 259 Å². The molecule has 2 saturated heterocycles. The number of aryl methyl sites for hydroxylation is 9. The van der Waals surface area contributed by atoms with Crippen molar-refractivity contribution in [3.8, 4) is 17.2 Å². The second-order valence-corrected chi connectivity index (χ2v) is 34.2. The van der Waals surface area contributed by atoms with Crippen LogP contribution in [-0.2, 0) is 115 Å². The van der Waals surface area contributed by atoms with Gasteiger partial charge in [-0.05, 0) is 271 Å². The summed E-state index contributed by atoms with van der Waals surface area (Å²) in [6, 6.07) is 32.1. The van der Waals surface area contributed by atoms with E-state index in [-0.39, 0.29) is 42.5 Å². The zero-order valence-electron chi connectivity index (χ0n) is 69.4. The average Bonchev–Trinajstić information content (AvgIpc) is 1.18. The Morgan fingerprint density at radius 2 is 0.839 bits per heavy atom. The first kappa shape index (κ1) is 86.7. The number of benzene rings is 3. The van der Waals surface area contributed by atoms with Gasteiger partial charge in [0.15, 0.2) is 0 Å². The van der Waals surface area contributed by atoms with Crippen molar-refractivity contribution in [3.63, 3.8) is 0 Å². The molecule has 0 radical (unpaired) electrons. The molecule has 21 nitrogen and oxygen atoms in total. The number of methoxy groups -OCH3 is 3. The van der Waals surface area contributed by atoms with Crippen LogP contribution < -0.4 is 30.2 Å². The van der Waals surface area contributed by atoms with Crippen molar-refractivity contribution in [1.82, 2.24) is 29.9 Å². The summed E-state index contributed by atoms with van der Waals surface area (Å²) in [6.07, 6.45) is 24.9. The van der Waals surface area contributed by atoms with Crippen LogP contribution >= 0.6 is 34.0 Å². The summed E-state index contributed by atoms with van der Waals surface area (Å²) in [5, 5.41) is 29.7. The predicted molar refractivity (Wildman–Crippen MR) is 468 cm³/mol. The van der Waals surface area contributed by atoms with E-state index in [4.69, 9.17) is 67.8 Å². The van der Waals surface area contributed by atoms with Crippen LogP contribution in [0.4, 0.5) is 17.5 Å². The first-order valence-corrected chi connectivity index (χ1v) is 45.4. The summed E-state index contributed by atoms with van der Waals surface area (Å²) in [7, 11) is 5.03. The van der Waals surface area contributed by atoms with E-state index in [9.17, 15) is 19.5 Å². The van der Waals surface area contributed by atoms with Crippen LogP contribution in [0.2, 0.25) is 0 Å². The summed E-state index contributed by atoms with van der Waals surface area (Å²) in [4.78, 5) is 66.5. The number of carboxylic acids is 1. The fourth-order valence-corrected chi connectivity index (χ4v) is 19.5. The van der Waals surface area contributed by atoms with Crippen LogP contribution in [0.5, 0.6) is 17.2 Å². The molecule has 628 valence electrons. The van der Waals surface area contributed by atoms with E-state index < -0.39 is 5.97 Å². The number of pyridine rings is 3. The minimum Gasteiger partial charge on any atom is -0.496 e. The van der Waals surface area contributed by atoms with Crippen LogP contribution in [0.25, 0.3) is 5.57 Å². The lowest BCUT2D eigenvalue weighted by Gasteiger charge is -2.25. The first-order valence-electron chi connectivity index (χ1n) is 42.8. The smallest absolute Gasteiger partial charge is 0.306 e. The van der Waals surface area contributed by atoms with E-state index in [0.717, 1.165) is 268 Å². The van der Waals surface area contributed by atoms with E-state index in [2.05, 4.69) is 117 Å². The van der Waals surface area contributed by atoms with Gasteiger partial charge in [-0.15, -0.1) is 34.0 Å². The van der Waals surface area contributed by atoms with Crippen molar-refractivity contribution in [2.24, 2.45) is 0 Å². The Morgan fingerprint density at radius 3 is 1.21 bits per heavy atom. The Balaban J connectivity index is 0.000000154. The number of hydrogen-bond donors (Lipinski definition) is 4. The number of esters is 2. The molecule has 15 rings (SSSR count). The fourth-order valence-electron chi connectivity index (χ4n) is 16.9. The van der Waals surface area contributed by atoms with E-state index in [1.54, 1.807) is 55.3 Å². The molecule has 118 heavy (non-hydrogen) atoms. The molecule has 3 atom stereocenters. The predicted octanol–water partition coefficient (Wildman–Crippen LogP) is 18.2. The minimum absolute atomic E-state index is 0.0402. The summed E-state index contributed by atoms with van der Waals surface area (Å²) in [5.41, 5.74) is 18.3. The van der Waals surface area contributed by atoms with Gasteiger partial charge in [0.2, 0.25) is 0 Å². The number of hydrogen-bond acceptors (Lipinski definition) is 23. The Hall–Kier alpha value is -9.17. The molecule has 6 aromatic heterocycles. The zero-order valence-corrected chi connectivity index (χ0v) is 71.8. The van der Waals surface area contributed by atoms with Crippen molar-refractivity contribution in [1.29, 1.82) is 0 Å². The van der Waals surface area contributed by atoms with E-state index >= 15 is 0 Å². The molecule has 6 aliphatic rings. The van der Waals surface area contributed by atoms with Gasteiger partial charge in [0.25, 0.3) is 0 Å². The molecule has 3 aromatic carbocycles. The summed E-state index contributed by atoms with van der Waals surface area (Å²) in [6.45, 7) is 11.9. The second-order valence-electron chi connectivity index (χ2n) is 31.4. The van der Waals surface area contributed by atoms with Crippen molar-refractivity contribution in [2.75, 3.05) is 110 Å². The van der Waals surface area contributed by atoms with Crippen LogP contribution in [0.15, 0.2) is 113 Å². The quantitative estimate of drug-likeness (QED) is 0.0269. The molecule has 2 fully saturated rings. The number of carbonyl (C=O) groups excluding carboxylic acids is 2. The molecule has 9 aromatic rings. The van der Waals surface area contributed by atoms with E-state index in [1.807, 2.05) is 26.0 Å². The molecule has 4 N–H and O–H groups in total.